The van der Waals surface area contributed by atoms with Crippen LogP contribution in [0, 0.1) is 0 Å². The Bertz CT molecular complexity index is 1050. The van der Waals surface area contributed by atoms with Gasteiger partial charge in [-0.05, 0) is 90.1 Å². The second-order valence-electron chi connectivity index (χ2n) is 23.6. The fourth-order valence-corrected chi connectivity index (χ4v) is 11.0. The summed E-state index contributed by atoms with van der Waals surface area (Å²) in [6.07, 6.45) is 105. The molecule has 0 saturated heterocycles. The van der Waals surface area contributed by atoms with Gasteiger partial charge in [0.05, 0.1) is 0 Å². The molecule has 0 aliphatic carbocycles. The first-order chi connectivity index (χ1) is 36.4. The molecule has 0 aromatic heterocycles. The van der Waals surface area contributed by atoms with Crippen LogP contribution in [0.15, 0.2) is 48.6 Å². The minimum Gasteiger partial charge on any atom is -0.317 e. The van der Waals surface area contributed by atoms with Gasteiger partial charge in [-0.15, -0.1) is 0 Å². The Morgan fingerprint density at radius 3 is 0.493 bits per heavy atom. The van der Waals surface area contributed by atoms with Gasteiger partial charge in [-0.1, -0.05) is 371 Å². The molecule has 1 N–H and O–H groups in total. The highest BCUT2D eigenvalue weighted by atomic mass is 14.8. The Balaban J connectivity index is 3.16. The zero-order valence-electron chi connectivity index (χ0n) is 51.0. The lowest BCUT2D eigenvalue weighted by Crippen LogP contribution is -2.16. The lowest BCUT2D eigenvalue weighted by Gasteiger charge is -2.06. The number of rotatable bonds is 66. The maximum absolute atomic E-state index is 3.72. The van der Waals surface area contributed by atoms with Gasteiger partial charge in [0.1, 0.15) is 0 Å². The highest BCUT2D eigenvalue weighted by Crippen LogP contribution is 2.18. The Morgan fingerprint density at radius 2 is 0.315 bits per heavy atom. The van der Waals surface area contributed by atoms with Gasteiger partial charge in [0.2, 0.25) is 0 Å². The van der Waals surface area contributed by atoms with Gasteiger partial charge in [-0.25, -0.2) is 0 Å². The quantitative estimate of drug-likeness (QED) is 0.0473. The van der Waals surface area contributed by atoms with Crippen molar-refractivity contribution in [3.63, 3.8) is 0 Å². The van der Waals surface area contributed by atoms with E-state index in [0.717, 1.165) is 12.8 Å². The van der Waals surface area contributed by atoms with Crippen LogP contribution in [0.25, 0.3) is 0 Å². The van der Waals surface area contributed by atoms with E-state index in [4.69, 9.17) is 0 Å². The van der Waals surface area contributed by atoms with Crippen molar-refractivity contribution in [2.24, 2.45) is 0 Å². The molecule has 0 fully saturated rings. The van der Waals surface area contributed by atoms with Crippen molar-refractivity contribution < 1.29 is 0 Å². The van der Waals surface area contributed by atoms with Crippen molar-refractivity contribution in [3.05, 3.63) is 48.6 Å². The Morgan fingerprint density at radius 1 is 0.164 bits per heavy atom. The fourth-order valence-electron chi connectivity index (χ4n) is 11.0. The van der Waals surface area contributed by atoms with Gasteiger partial charge in [-0.2, -0.15) is 0 Å². The zero-order valence-corrected chi connectivity index (χ0v) is 51.0. The Hall–Kier alpha value is -1.08. The van der Waals surface area contributed by atoms with E-state index in [2.05, 4.69) is 67.8 Å². The summed E-state index contributed by atoms with van der Waals surface area (Å²) in [7, 11) is 0. The molecule has 0 heterocycles. The number of hydrogen-bond acceptors (Lipinski definition) is 1. The predicted molar refractivity (Wildman–Crippen MR) is 338 cm³/mol. The first kappa shape index (κ1) is 71.9. The summed E-state index contributed by atoms with van der Waals surface area (Å²) in [6.45, 7) is 7.09. The fraction of sp³-hybridized carbons (Fsp3) is 0.889. The van der Waals surface area contributed by atoms with Crippen molar-refractivity contribution in [3.8, 4) is 0 Å². The third-order valence-corrected chi connectivity index (χ3v) is 16.1. The van der Waals surface area contributed by atoms with Crippen molar-refractivity contribution in [2.75, 3.05) is 13.1 Å². The van der Waals surface area contributed by atoms with Gasteiger partial charge in [0.15, 0.2) is 0 Å². The molecule has 1 nitrogen and oxygen atoms in total. The van der Waals surface area contributed by atoms with Gasteiger partial charge < -0.3 is 5.32 Å². The number of hydrogen-bond donors (Lipinski definition) is 1. The molecule has 0 aromatic carbocycles. The highest BCUT2D eigenvalue weighted by molar-refractivity contribution is 4.93. The minimum absolute atomic E-state index is 1.13. The lowest BCUT2D eigenvalue weighted by atomic mass is 10.0. The first-order valence-electron chi connectivity index (χ1n) is 34.7. The average Bonchev–Trinajstić information content (AvgIpc) is 3.40. The van der Waals surface area contributed by atoms with E-state index in [-0.39, 0.29) is 0 Å². The molecule has 73 heavy (non-hydrogen) atoms. The summed E-state index contributed by atoms with van der Waals surface area (Å²) in [4.78, 5) is 0. The molecule has 0 aromatic rings. The van der Waals surface area contributed by atoms with Crippen LogP contribution in [0.1, 0.15) is 399 Å². The topological polar surface area (TPSA) is 12.0 Å². The van der Waals surface area contributed by atoms with E-state index >= 15 is 0 Å². The largest absolute Gasteiger partial charge is 0.317 e. The molecule has 0 rings (SSSR count). The van der Waals surface area contributed by atoms with Crippen LogP contribution < -0.4 is 5.32 Å². The van der Waals surface area contributed by atoms with Crippen LogP contribution in [0.2, 0.25) is 0 Å². The average molecular weight is 1020 g/mol. The third kappa shape index (κ3) is 70.9. The van der Waals surface area contributed by atoms with E-state index in [1.807, 2.05) is 0 Å². The standard InChI is InChI=1S/C72H139N/c1-3-5-7-9-11-13-15-17-19-21-23-25-27-29-31-33-35-37-39-41-43-45-47-49-51-53-55-57-59-61-63-65-67-69-71-73-72-70-68-66-64-62-60-58-56-54-52-50-48-46-44-42-40-38-36-34-32-30-28-26-24-22-20-18-16-14-12-10-8-6-4-2/h23,25,29,31,42,44,48,50,73H,3-22,24,26-28,30,32-41,43,45-47,49,51-72H2,1-2H3/b25-23+,31-29+,44-42+,50-48+. The maximum atomic E-state index is 3.72. The van der Waals surface area contributed by atoms with Crippen molar-refractivity contribution >= 4 is 0 Å². The van der Waals surface area contributed by atoms with Crippen LogP contribution >= 0.6 is 0 Å². The predicted octanol–water partition coefficient (Wildman–Crippen LogP) is 26.2. The minimum atomic E-state index is 1.13. The Labute approximate surface area is 463 Å². The van der Waals surface area contributed by atoms with Crippen molar-refractivity contribution in [1.82, 2.24) is 5.32 Å². The summed E-state index contributed by atoms with van der Waals surface area (Å²) in [5, 5.41) is 3.72. The summed E-state index contributed by atoms with van der Waals surface area (Å²) >= 11 is 0. The molecule has 0 amide bonds. The van der Waals surface area contributed by atoms with Crippen molar-refractivity contribution in [2.45, 2.75) is 399 Å². The number of allylic oxidation sites excluding steroid dienone is 8. The molecule has 0 unspecified atom stereocenters. The second-order valence-corrected chi connectivity index (χ2v) is 23.6. The summed E-state index contributed by atoms with van der Waals surface area (Å²) in [6, 6.07) is 0. The molecule has 432 valence electrons. The van der Waals surface area contributed by atoms with E-state index in [1.54, 1.807) is 0 Å². The molecule has 0 aliphatic heterocycles. The normalized spacial score (nSPS) is 12.2. The maximum Gasteiger partial charge on any atom is -0.00489 e. The van der Waals surface area contributed by atoms with Gasteiger partial charge in [-0.3, -0.25) is 0 Å². The molecular formula is C72H139N. The van der Waals surface area contributed by atoms with E-state index in [1.165, 1.54) is 385 Å². The first-order valence-corrected chi connectivity index (χ1v) is 34.7. The van der Waals surface area contributed by atoms with Crippen LogP contribution in [0.4, 0.5) is 0 Å². The molecule has 0 saturated carbocycles. The van der Waals surface area contributed by atoms with Crippen molar-refractivity contribution in [1.29, 1.82) is 0 Å². The molecule has 1 heteroatoms. The van der Waals surface area contributed by atoms with E-state index < -0.39 is 0 Å². The summed E-state index contributed by atoms with van der Waals surface area (Å²) < 4.78 is 0. The van der Waals surface area contributed by atoms with E-state index in [0.29, 0.717) is 0 Å². The van der Waals surface area contributed by atoms with Gasteiger partial charge in [0, 0.05) is 0 Å². The van der Waals surface area contributed by atoms with Crippen LogP contribution in [-0.4, -0.2) is 13.1 Å². The Kier molecular flexibility index (Phi) is 69.9. The molecule has 0 radical (unpaired) electrons. The highest BCUT2D eigenvalue weighted by Gasteiger charge is 1.99. The van der Waals surface area contributed by atoms with E-state index in [9.17, 15) is 0 Å². The molecule has 0 aliphatic rings. The number of unbranched alkanes of at least 4 members (excludes halogenated alkanes) is 54. The molecule has 0 spiro atoms. The second kappa shape index (κ2) is 70.9. The van der Waals surface area contributed by atoms with Crippen LogP contribution in [0.3, 0.4) is 0 Å². The SMILES string of the molecule is CCCCCCCCCCC/C=C/C/C=C/CCCCCCCCCCCCCCCCCCCCNCCCCCCCCCCC/C=C/C/C=C/CCCCCCCCCCCCCCCCCCCC. The summed E-state index contributed by atoms with van der Waals surface area (Å²) in [5.74, 6) is 0. The summed E-state index contributed by atoms with van der Waals surface area (Å²) in [5.41, 5.74) is 0. The molecular weight excluding hydrogens is 879 g/mol. The number of nitrogens with one attached hydrogen (secondary N) is 1. The van der Waals surface area contributed by atoms with Gasteiger partial charge >= 0.3 is 0 Å². The van der Waals surface area contributed by atoms with Crippen LogP contribution in [-0.2, 0) is 0 Å². The van der Waals surface area contributed by atoms with Gasteiger partial charge in [0.25, 0.3) is 0 Å². The lowest BCUT2D eigenvalue weighted by molar-refractivity contribution is 0.516. The van der Waals surface area contributed by atoms with Crippen LogP contribution in [0.5, 0.6) is 0 Å². The zero-order chi connectivity index (χ0) is 52.2. The molecule has 0 atom stereocenters. The third-order valence-electron chi connectivity index (χ3n) is 16.1. The smallest absolute Gasteiger partial charge is 0.00489 e. The molecule has 0 bridgehead atoms. The monoisotopic (exact) mass is 1020 g/mol.